The molecular weight excluding hydrogens is 250 g/mol. The van der Waals surface area contributed by atoms with Gasteiger partial charge >= 0.3 is 0 Å². The molecule has 96 valence electrons. The lowest BCUT2D eigenvalue weighted by atomic mass is 10.2. The largest absolute Gasteiger partial charge is 0.349 e. The Morgan fingerprint density at radius 1 is 1.33 bits per heavy atom. The molecule has 0 spiro atoms. The van der Waals surface area contributed by atoms with Gasteiger partial charge in [0.05, 0.1) is 12.1 Å². The van der Waals surface area contributed by atoms with Crippen LogP contribution < -0.4 is 5.32 Å². The summed E-state index contributed by atoms with van der Waals surface area (Å²) < 4.78 is 0. The number of thiazole rings is 1. The van der Waals surface area contributed by atoms with E-state index < -0.39 is 6.04 Å². The summed E-state index contributed by atoms with van der Waals surface area (Å²) in [6.07, 6.45) is 2.17. The molecule has 5 nitrogen and oxygen atoms in total. The number of carbonyl (C=O) groups is 2. The number of nitrogens with one attached hydrogen (secondary N) is 1. The van der Waals surface area contributed by atoms with E-state index in [2.05, 4.69) is 10.3 Å². The standard InChI is InChI=1S/C12H15N3O2S/c1-6-7(2)18-12(13-6)14-9-5-10(16)15(11(9)17)8-3-4-8/h8-9H,3-5H2,1-2H3,(H,13,14). The molecule has 1 unspecified atom stereocenters. The van der Waals surface area contributed by atoms with Crippen molar-refractivity contribution in [2.75, 3.05) is 5.32 Å². The summed E-state index contributed by atoms with van der Waals surface area (Å²) in [6, 6.07) is -0.264. The molecule has 18 heavy (non-hydrogen) atoms. The van der Waals surface area contributed by atoms with Crippen molar-refractivity contribution in [2.24, 2.45) is 0 Å². The van der Waals surface area contributed by atoms with Gasteiger partial charge in [-0.15, -0.1) is 11.3 Å². The monoisotopic (exact) mass is 265 g/mol. The van der Waals surface area contributed by atoms with E-state index in [4.69, 9.17) is 0 Å². The van der Waals surface area contributed by atoms with Crippen LogP contribution in [0.3, 0.4) is 0 Å². The van der Waals surface area contributed by atoms with Gasteiger partial charge in [-0.3, -0.25) is 14.5 Å². The number of hydrogen-bond donors (Lipinski definition) is 1. The highest BCUT2D eigenvalue weighted by Gasteiger charge is 2.46. The van der Waals surface area contributed by atoms with Crippen LogP contribution >= 0.6 is 11.3 Å². The van der Waals surface area contributed by atoms with Crippen LogP contribution in [0.1, 0.15) is 29.8 Å². The number of aromatic nitrogens is 1. The first kappa shape index (κ1) is 11.6. The predicted octanol–water partition coefficient (Wildman–Crippen LogP) is 1.46. The maximum atomic E-state index is 12.1. The van der Waals surface area contributed by atoms with Gasteiger partial charge in [-0.1, -0.05) is 0 Å². The summed E-state index contributed by atoms with van der Waals surface area (Å²) >= 11 is 1.53. The lowest BCUT2D eigenvalue weighted by molar-refractivity contribution is -0.139. The van der Waals surface area contributed by atoms with Gasteiger partial charge in [0, 0.05) is 10.9 Å². The fourth-order valence-electron chi connectivity index (χ4n) is 2.16. The van der Waals surface area contributed by atoms with Crippen molar-refractivity contribution >= 4 is 28.3 Å². The van der Waals surface area contributed by atoms with Gasteiger partial charge in [-0.05, 0) is 26.7 Å². The third-order valence-electron chi connectivity index (χ3n) is 3.42. The number of rotatable bonds is 3. The minimum absolute atomic E-state index is 0.0509. The fraction of sp³-hybridized carbons (Fsp3) is 0.583. The summed E-state index contributed by atoms with van der Waals surface area (Å²) in [5.74, 6) is -0.141. The third kappa shape index (κ3) is 1.90. The van der Waals surface area contributed by atoms with E-state index in [1.54, 1.807) is 0 Å². The summed E-state index contributed by atoms with van der Waals surface area (Å²) in [4.78, 5) is 30.8. The van der Waals surface area contributed by atoms with E-state index >= 15 is 0 Å². The first-order valence-corrected chi connectivity index (χ1v) is 6.94. The van der Waals surface area contributed by atoms with Crippen LogP contribution in [-0.4, -0.2) is 33.8 Å². The highest BCUT2D eigenvalue weighted by atomic mass is 32.1. The maximum absolute atomic E-state index is 12.1. The van der Waals surface area contributed by atoms with E-state index in [0.717, 1.165) is 28.5 Å². The Hall–Kier alpha value is -1.43. The van der Waals surface area contributed by atoms with E-state index in [1.165, 1.54) is 16.2 Å². The lowest BCUT2D eigenvalue weighted by Gasteiger charge is -2.13. The highest BCUT2D eigenvalue weighted by Crippen LogP contribution is 2.33. The quantitative estimate of drug-likeness (QED) is 0.840. The van der Waals surface area contributed by atoms with Crippen molar-refractivity contribution in [3.8, 4) is 0 Å². The second-order valence-corrected chi connectivity index (χ2v) is 6.10. The number of hydrogen-bond acceptors (Lipinski definition) is 5. The molecule has 2 amide bonds. The van der Waals surface area contributed by atoms with Crippen LogP contribution in [0, 0.1) is 13.8 Å². The molecule has 0 radical (unpaired) electrons. The van der Waals surface area contributed by atoms with Gasteiger partial charge in [-0.25, -0.2) is 4.98 Å². The number of aryl methyl sites for hydroxylation is 2. The molecule has 1 aromatic rings. The lowest BCUT2D eigenvalue weighted by Crippen LogP contribution is -2.36. The summed E-state index contributed by atoms with van der Waals surface area (Å²) in [7, 11) is 0. The Morgan fingerprint density at radius 2 is 2.06 bits per heavy atom. The zero-order valence-electron chi connectivity index (χ0n) is 10.4. The number of imide groups is 1. The molecule has 2 aliphatic rings. The fourth-order valence-corrected chi connectivity index (χ4v) is 3.03. The molecule has 3 rings (SSSR count). The van der Waals surface area contributed by atoms with Gasteiger partial charge in [-0.2, -0.15) is 0 Å². The number of anilines is 1. The minimum Gasteiger partial charge on any atom is -0.349 e. The van der Waals surface area contributed by atoms with E-state index in [-0.39, 0.29) is 24.3 Å². The van der Waals surface area contributed by atoms with Gasteiger partial charge < -0.3 is 5.32 Å². The van der Waals surface area contributed by atoms with E-state index in [0.29, 0.717) is 0 Å². The van der Waals surface area contributed by atoms with Crippen LogP contribution in [0.4, 0.5) is 5.13 Å². The topological polar surface area (TPSA) is 62.3 Å². The van der Waals surface area contributed by atoms with Gasteiger partial charge in [0.25, 0.3) is 5.91 Å². The zero-order chi connectivity index (χ0) is 12.9. The van der Waals surface area contributed by atoms with Crippen molar-refractivity contribution in [2.45, 2.75) is 45.2 Å². The Kier molecular flexibility index (Phi) is 2.62. The molecule has 1 aromatic heterocycles. The average Bonchev–Trinajstić information content (AvgIpc) is 3.01. The minimum atomic E-state index is -0.428. The Labute approximate surface area is 109 Å². The van der Waals surface area contributed by atoms with Crippen LogP contribution in [0.5, 0.6) is 0 Å². The molecule has 1 N–H and O–H groups in total. The van der Waals surface area contributed by atoms with Gasteiger partial charge in [0.2, 0.25) is 5.91 Å². The molecular formula is C12H15N3O2S. The molecule has 6 heteroatoms. The van der Waals surface area contributed by atoms with E-state index in [9.17, 15) is 9.59 Å². The van der Waals surface area contributed by atoms with Gasteiger partial charge in [0.1, 0.15) is 6.04 Å². The van der Waals surface area contributed by atoms with Crippen molar-refractivity contribution < 1.29 is 9.59 Å². The van der Waals surface area contributed by atoms with Crippen LogP contribution in [-0.2, 0) is 9.59 Å². The molecule has 0 aromatic carbocycles. The SMILES string of the molecule is Cc1nc(NC2CC(=O)N(C3CC3)C2=O)sc1C. The number of carbonyl (C=O) groups excluding carboxylic acids is 2. The van der Waals surface area contributed by atoms with Crippen LogP contribution in [0.25, 0.3) is 0 Å². The highest BCUT2D eigenvalue weighted by molar-refractivity contribution is 7.15. The second kappa shape index (κ2) is 4.05. The molecule has 1 saturated heterocycles. The Morgan fingerprint density at radius 3 is 2.61 bits per heavy atom. The van der Waals surface area contributed by atoms with Crippen molar-refractivity contribution in [3.63, 3.8) is 0 Å². The third-order valence-corrected chi connectivity index (χ3v) is 4.43. The molecule has 1 atom stereocenters. The normalized spacial score (nSPS) is 23.9. The number of likely N-dealkylation sites (tertiary alicyclic amines) is 1. The molecule has 1 saturated carbocycles. The summed E-state index contributed by atoms with van der Waals surface area (Å²) in [5, 5.41) is 3.82. The smallest absolute Gasteiger partial charge is 0.252 e. The van der Waals surface area contributed by atoms with E-state index in [1.807, 2.05) is 13.8 Å². The Bertz CT molecular complexity index is 502. The molecule has 1 aliphatic heterocycles. The first-order valence-electron chi connectivity index (χ1n) is 6.12. The average molecular weight is 265 g/mol. The predicted molar refractivity (Wildman–Crippen MR) is 68.5 cm³/mol. The molecule has 2 fully saturated rings. The van der Waals surface area contributed by atoms with Crippen molar-refractivity contribution in [1.82, 2.24) is 9.88 Å². The van der Waals surface area contributed by atoms with Crippen LogP contribution in [0.15, 0.2) is 0 Å². The summed E-state index contributed by atoms with van der Waals surface area (Å²) in [5.41, 5.74) is 0.971. The number of nitrogens with zero attached hydrogens (tertiary/aromatic N) is 2. The van der Waals surface area contributed by atoms with Gasteiger partial charge in [0.15, 0.2) is 5.13 Å². The van der Waals surface area contributed by atoms with Crippen LogP contribution in [0.2, 0.25) is 0 Å². The summed E-state index contributed by atoms with van der Waals surface area (Å²) in [6.45, 7) is 3.94. The first-order chi connectivity index (χ1) is 8.56. The number of amides is 2. The zero-order valence-corrected chi connectivity index (χ0v) is 11.2. The van der Waals surface area contributed by atoms with Crippen molar-refractivity contribution in [1.29, 1.82) is 0 Å². The molecule has 0 bridgehead atoms. The van der Waals surface area contributed by atoms with Crippen molar-refractivity contribution in [3.05, 3.63) is 10.6 Å². The Balaban J connectivity index is 1.74. The maximum Gasteiger partial charge on any atom is 0.252 e. The second-order valence-electron chi connectivity index (χ2n) is 4.89. The molecule has 2 heterocycles. The molecule has 1 aliphatic carbocycles.